The summed E-state index contributed by atoms with van der Waals surface area (Å²) in [6.07, 6.45) is 2.13. The van der Waals surface area contributed by atoms with Crippen LogP contribution in [-0.2, 0) is 13.0 Å². The number of aryl methyl sites for hydroxylation is 1. The van der Waals surface area contributed by atoms with Crippen molar-refractivity contribution < 1.29 is 0 Å². The van der Waals surface area contributed by atoms with Crippen molar-refractivity contribution in [3.63, 3.8) is 0 Å². The summed E-state index contributed by atoms with van der Waals surface area (Å²) in [6.45, 7) is 3.88. The summed E-state index contributed by atoms with van der Waals surface area (Å²) in [4.78, 5) is 30.6. The van der Waals surface area contributed by atoms with Gasteiger partial charge in [-0.15, -0.1) is 0 Å². The number of H-pyrrole nitrogens is 1. The van der Waals surface area contributed by atoms with Crippen molar-refractivity contribution in [2.24, 2.45) is 0 Å². The Balaban J connectivity index is 2.49. The van der Waals surface area contributed by atoms with Crippen LogP contribution in [0.4, 0.5) is 0 Å². The summed E-state index contributed by atoms with van der Waals surface area (Å²) in [6, 6.07) is 3.68. The number of hydrogen-bond donors (Lipinski definition) is 1. The Morgan fingerprint density at radius 3 is 2.68 bits per heavy atom. The predicted molar refractivity (Wildman–Crippen MR) is 73.8 cm³/mol. The average Bonchev–Trinajstić information content (AvgIpc) is 2.37. The average molecular weight is 280 g/mol. The number of aromatic amines is 1. The maximum absolute atomic E-state index is 12.2. The van der Waals surface area contributed by atoms with Crippen molar-refractivity contribution in [1.29, 1.82) is 0 Å². The van der Waals surface area contributed by atoms with Crippen molar-refractivity contribution in [3.8, 4) is 0 Å². The van der Waals surface area contributed by atoms with Crippen LogP contribution in [0.2, 0.25) is 5.15 Å². The molecule has 100 valence electrons. The summed E-state index contributed by atoms with van der Waals surface area (Å²) < 4.78 is 1.14. The number of pyridine rings is 1. The third-order valence-electron chi connectivity index (χ3n) is 2.90. The highest BCUT2D eigenvalue weighted by Gasteiger charge is 2.11. The van der Waals surface area contributed by atoms with Crippen LogP contribution in [0, 0.1) is 6.92 Å². The molecule has 0 aromatic carbocycles. The Morgan fingerprint density at radius 2 is 2.11 bits per heavy atom. The smallest absolute Gasteiger partial charge is 0.297 e. The number of halogens is 1. The van der Waals surface area contributed by atoms with Gasteiger partial charge >= 0.3 is 5.69 Å². The van der Waals surface area contributed by atoms with Crippen LogP contribution in [0.5, 0.6) is 0 Å². The largest absolute Gasteiger partial charge is 0.329 e. The molecule has 1 N–H and O–H groups in total. The third kappa shape index (κ3) is 2.76. The Kier molecular flexibility index (Phi) is 3.85. The van der Waals surface area contributed by atoms with Crippen LogP contribution in [0.3, 0.4) is 0 Å². The van der Waals surface area contributed by atoms with Crippen molar-refractivity contribution in [3.05, 3.63) is 61.1 Å². The van der Waals surface area contributed by atoms with Crippen LogP contribution in [0.15, 0.2) is 27.9 Å². The second kappa shape index (κ2) is 5.40. The van der Waals surface area contributed by atoms with Gasteiger partial charge in [0.1, 0.15) is 5.15 Å². The third-order valence-corrected chi connectivity index (χ3v) is 3.22. The van der Waals surface area contributed by atoms with E-state index in [2.05, 4.69) is 9.97 Å². The lowest BCUT2D eigenvalue weighted by atomic mass is 10.2. The first-order valence-electron chi connectivity index (χ1n) is 5.96. The fraction of sp³-hybridized carbons (Fsp3) is 0.308. The molecule has 0 saturated carbocycles. The van der Waals surface area contributed by atoms with Crippen molar-refractivity contribution in [2.45, 2.75) is 26.8 Å². The zero-order valence-electron chi connectivity index (χ0n) is 10.7. The fourth-order valence-corrected chi connectivity index (χ4v) is 2.11. The van der Waals surface area contributed by atoms with E-state index in [1.165, 1.54) is 0 Å². The Morgan fingerprint density at radius 1 is 1.37 bits per heavy atom. The van der Waals surface area contributed by atoms with E-state index >= 15 is 0 Å². The molecule has 6 heteroatoms. The van der Waals surface area contributed by atoms with Crippen LogP contribution in [0.1, 0.15) is 23.7 Å². The molecule has 2 rings (SSSR count). The van der Waals surface area contributed by atoms with Crippen LogP contribution >= 0.6 is 11.6 Å². The maximum Gasteiger partial charge on any atom is 0.329 e. The van der Waals surface area contributed by atoms with E-state index in [-0.39, 0.29) is 17.3 Å². The summed E-state index contributed by atoms with van der Waals surface area (Å²) in [5.74, 6) is 0. The lowest BCUT2D eigenvalue weighted by Gasteiger charge is -2.08. The Bertz CT molecular complexity index is 701. The number of nitrogens with one attached hydrogen (secondary N) is 1. The van der Waals surface area contributed by atoms with E-state index in [9.17, 15) is 9.59 Å². The van der Waals surface area contributed by atoms with Gasteiger partial charge in [0.25, 0.3) is 5.56 Å². The summed E-state index contributed by atoms with van der Waals surface area (Å²) >= 11 is 5.85. The standard InChI is InChI=1S/C13H14ClN3O2/c1-3-10-11(14)16-13(19)17(12(10)18)7-9-5-4-8(2)15-6-9/h4-6H,3,7H2,1-2H3,(H,16,19). The van der Waals surface area contributed by atoms with Gasteiger partial charge in [0.2, 0.25) is 0 Å². The zero-order valence-corrected chi connectivity index (χ0v) is 11.5. The van der Waals surface area contributed by atoms with Gasteiger partial charge in [-0.25, -0.2) is 4.79 Å². The molecule has 0 amide bonds. The molecule has 2 aromatic rings. The second-order valence-corrected chi connectivity index (χ2v) is 4.65. The van der Waals surface area contributed by atoms with Crippen LogP contribution in [-0.4, -0.2) is 14.5 Å². The van der Waals surface area contributed by atoms with Gasteiger partial charge in [-0.3, -0.25) is 19.3 Å². The molecule has 5 nitrogen and oxygen atoms in total. The molecule has 0 unspecified atom stereocenters. The first-order valence-corrected chi connectivity index (χ1v) is 6.33. The van der Waals surface area contributed by atoms with E-state index in [1.54, 1.807) is 6.20 Å². The predicted octanol–water partition coefficient (Wildman–Crippen LogP) is 1.50. The molecule has 0 aliphatic rings. The highest BCUT2D eigenvalue weighted by molar-refractivity contribution is 6.30. The van der Waals surface area contributed by atoms with E-state index < -0.39 is 5.69 Å². The molecule has 0 radical (unpaired) electrons. The Labute approximate surface area is 114 Å². The zero-order chi connectivity index (χ0) is 14.0. The van der Waals surface area contributed by atoms with Gasteiger partial charge < -0.3 is 0 Å². The first kappa shape index (κ1) is 13.5. The summed E-state index contributed by atoms with van der Waals surface area (Å²) in [5.41, 5.74) is 1.24. The minimum Gasteiger partial charge on any atom is -0.297 e. The van der Waals surface area contributed by atoms with Gasteiger partial charge in [-0.1, -0.05) is 24.6 Å². The first-order chi connectivity index (χ1) is 9.02. The maximum atomic E-state index is 12.2. The molecular weight excluding hydrogens is 266 g/mol. The van der Waals surface area contributed by atoms with E-state index in [1.807, 2.05) is 26.0 Å². The lowest BCUT2D eigenvalue weighted by Crippen LogP contribution is -2.37. The van der Waals surface area contributed by atoms with E-state index in [0.717, 1.165) is 15.8 Å². The molecule has 19 heavy (non-hydrogen) atoms. The van der Waals surface area contributed by atoms with Crippen molar-refractivity contribution in [1.82, 2.24) is 14.5 Å². The minimum absolute atomic E-state index is 0.121. The monoisotopic (exact) mass is 279 g/mol. The minimum atomic E-state index is -0.507. The molecule has 2 aromatic heterocycles. The van der Waals surface area contributed by atoms with Crippen molar-refractivity contribution in [2.75, 3.05) is 0 Å². The molecule has 0 aliphatic heterocycles. The second-order valence-electron chi connectivity index (χ2n) is 4.28. The van der Waals surface area contributed by atoms with Gasteiger partial charge in [-0.2, -0.15) is 0 Å². The molecule has 0 atom stereocenters. The highest BCUT2D eigenvalue weighted by Crippen LogP contribution is 2.07. The molecule has 0 saturated heterocycles. The number of hydrogen-bond acceptors (Lipinski definition) is 3. The quantitative estimate of drug-likeness (QED) is 0.866. The van der Waals surface area contributed by atoms with Gasteiger partial charge in [0.15, 0.2) is 0 Å². The van der Waals surface area contributed by atoms with Crippen LogP contribution < -0.4 is 11.2 Å². The molecule has 0 bridgehead atoms. The lowest BCUT2D eigenvalue weighted by molar-refractivity contribution is 0.684. The molecule has 2 heterocycles. The molecule has 0 fully saturated rings. The molecule has 0 spiro atoms. The topological polar surface area (TPSA) is 67.8 Å². The summed E-state index contributed by atoms with van der Waals surface area (Å²) in [7, 11) is 0. The number of nitrogens with zero attached hydrogens (tertiary/aromatic N) is 2. The van der Waals surface area contributed by atoms with Crippen LogP contribution in [0.25, 0.3) is 0 Å². The fourth-order valence-electron chi connectivity index (χ4n) is 1.81. The Hall–Kier alpha value is -1.88. The van der Waals surface area contributed by atoms with Crippen molar-refractivity contribution >= 4 is 11.6 Å². The van der Waals surface area contributed by atoms with Gasteiger partial charge in [0.05, 0.1) is 12.1 Å². The van der Waals surface area contributed by atoms with Gasteiger partial charge in [0, 0.05) is 11.9 Å². The van der Waals surface area contributed by atoms with E-state index in [4.69, 9.17) is 11.6 Å². The van der Waals surface area contributed by atoms with E-state index in [0.29, 0.717) is 12.0 Å². The number of rotatable bonds is 3. The summed E-state index contributed by atoms with van der Waals surface area (Å²) in [5, 5.41) is 0.121. The highest BCUT2D eigenvalue weighted by atomic mass is 35.5. The molecule has 0 aliphatic carbocycles. The molecular formula is C13H14ClN3O2. The van der Waals surface area contributed by atoms with Gasteiger partial charge in [-0.05, 0) is 25.0 Å². The number of aromatic nitrogens is 3. The normalized spacial score (nSPS) is 10.7. The SMILES string of the molecule is CCc1c(Cl)[nH]c(=O)n(Cc2ccc(C)nc2)c1=O.